The highest BCUT2D eigenvalue weighted by Gasteiger charge is 2.24. The van der Waals surface area contributed by atoms with E-state index in [4.69, 9.17) is 15.2 Å². The van der Waals surface area contributed by atoms with Crippen molar-refractivity contribution < 1.29 is 14.3 Å². The highest BCUT2D eigenvalue weighted by molar-refractivity contribution is 9.10. The largest absolute Gasteiger partial charge is 0.490 e. The SMILES string of the molecule is CCOc1cc(Br)c(CC(=O)N2CC[C@@H](N)C2)cc1OCC.Cl. The van der Waals surface area contributed by atoms with Crippen molar-refractivity contribution in [1.82, 2.24) is 4.90 Å². The number of benzene rings is 1. The van der Waals surface area contributed by atoms with Crippen molar-refractivity contribution in [3.05, 3.63) is 22.2 Å². The topological polar surface area (TPSA) is 64.8 Å². The van der Waals surface area contributed by atoms with Crippen molar-refractivity contribution >= 4 is 34.2 Å². The molecule has 0 bridgehead atoms. The quantitative estimate of drug-likeness (QED) is 0.787. The number of carbonyl (C=O) groups is 1. The van der Waals surface area contributed by atoms with Gasteiger partial charge in [-0.25, -0.2) is 0 Å². The number of carbonyl (C=O) groups excluding carboxylic acids is 1. The zero-order valence-corrected chi connectivity index (χ0v) is 15.9. The number of rotatable bonds is 6. The first-order valence-electron chi connectivity index (χ1n) is 7.66. The molecule has 1 heterocycles. The van der Waals surface area contributed by atoms with Gasteiger partial charge >= 0.3 is 0 Å². The van der Waals surface area contributed by atoms with Gasteiger partial charge in [-0.15, -0.1) is 12.4 Å². The third-order valence-corrected chi connectivity index (χ3v) is 4.37. The zero-order chi connectivity index (χ0) is 16.1. The van der Waals surface area contributed by atoms with Crippen molar-refractivity contribution in [2.75, 3.05) is 26.3 Å². The van der Waals surface area contributed by atoms with Crippen molar-refractivity contribution in [3.63, 3.8) is 0 Å². The van der Waals surface area contributed by atoms with Gasteiger partial charge in [0.1, 0.15) is 0 Å². The number of hydrogen-bond acceptors (Lipinski definition) is 4. The molecule has 1 saturated heterocycles. The number of nitrogens with two attached hydrogens (primary N) is 1. The standard InChI is InChI=1S/C16H23BrN2O3.ClH/c1-3-21-14-7-11(13(17)9-15(14)22-4-2)8-16(20)19-6-5-12(18)10-19;/h7,9,12H,3-6,8,10,18H2,1-2H3;1H/t12-;/m1./s1. The molecule has 2 rings (SSSR count). The third kappa shape index (κ3) is 5.26. The smallest absolute Gasteiger partial charge is 0.227 e. The molecule has 2 N–H and O–H groups in total. The summed E-state index contributed by atoms with van der Waals surface area (Å²) in [6, 6.07) is 3.85. The monoisotopic (exact) mass is 406 g/mol. The van der Waals surface area contributed by atoms with Gasteiger partial charge in [-0.05, 0) is 38.0 Å². The molecule has 1 fully saturated rings. The van der Waals surface area contributed by atoms with Gasteiger partial charge in [0.05, 0.1) is 19.6 Å². The molecule has 1 atom stereocenters. The lowest BCUT2D eigenvalue weighted by atomic mass is 10.1. The van der Waals surface area contributed by atoms with Gasteiger partial charge in [0.15, 0.2) is 11.5 Å². The minimum atomic E-state index is 0. The van der Waals surface area contributed by atoms with Gasteiger partial charge < -0.3 is 20.1 Å². The lowest BCUT2D eigenvalue weighted by Gasteiger charge is -2.18. The van der Waals surface area contributed by atoms with Crippen molar-refractivity contribution in [1.29, 1.82) is 0 Å². The Kier molecular flexibility index (Phi) is 8.16. The molecule has 0 saturated carbocycles. The Morgan fingerprint density at radius 1 is 1.30 bits per heavy atom. The van der Waals surface area contributed by atoms with Crippen molar-refractivity contribution in [2.45, 2.75) is 32.7 Å². The summed E-state index contributed by atoms with van der Waals surface area (Å²) in [6.45, 7) is 6.36. The highest BCUT2D eigenvalue weighted by Crippen LogP contribution is 2.34. The Bertz CT molecular complexity index is 542. The van der Waals surface area contributed by atoms with E-state index >= 15 is 0 Å². The molecule has 0 aromatic heterocycles. The van der Waals surface area contributed by atoms with Gasteiger partial charge in [-0.1, -0.05) is 15.9 Å². The fourth-order valence-electron chi connectivity index (χ4n) is 2.54. The first kappa shape index (κ1) is 20.1. The Balaban J connectivity index is 0.00000264. The normalized spacial score (nSPS) is 16.9. The molecule has 1 aromatic carbocycles. The van der Waals surface area contributed by atoms with Crippen LogP contribution in [0.4, 0.5) is 0 Å². The fraction of sp³-hybridized carbons (Fsp3) is 0.562. The number of ether oxygens (including phenoxy) is 2. The van der Waals surface area contributed by atoms with Crippen LogP contribution in [0.2, 0.25) is 0 Å². The highest BCUT2D eigenvalue weighted by atomic mass is 79.9. The minimum absolute atomic E-state index is 0. The molecular formula is C16H24BrClN2O3. The summed E-state index contributed by atoms with van der Waals surface area (Å²) in [7, 11) is 0. The molecule has 0 unspecified atom stereocenters. The molecule has 0 radical (unpaired) electrons. The number of hydrogen-bond donors (Lipinski definition) is 1. The first-order chi connectivity index (χ1) is 10.5. The van der Waals surface area contributed by atoms with Gasteiger partial charge in [0.25, 0.3) is 0 Å². The van der Waals surface area contributed by atoms with Crippen LogP contribution >= 0.6 is 28.3 Å². The average molecular weight is 408 g/mol. The predicted octanol–water partition coefficient (Wildman–Crippen LogP) is 2.77. The van der Waals surface area contributed by atoms with E-state index in [0.717, 1.165) is 23.0 Å². The molecule has 1 aliphatic rings. The maximum atomic E-state index is 12.4. The average Bonchev–Trinajstić information content (AvgIpc) is 2.91. The summed E-state index contributed by atoms with van der Waals surface area (Å²) in [4.78, 5) is 14.2. The molecule has 1 aliphatic heterocycles. The zero-order valence-electron chi connectivity index (χ0n) is 13.5. The summed E-state index contributed by atoms with van der Waals surface area (Å²) in [5, 5.41) is 0. The molecule has 1 aromatic rings. The summed E-state index contributed by atoms with van der Waals surface area (Å²) in [5.41, 5.74) is 6.76. The Morgan fingerprint density at radius 3 is 2.43 bits per heavy atom. The second-order valence-corrected chi connectivity index (χ2v) is 6.18. The van der Waals surface area contributed by atoms with E-state index in [9.17, 15) is 4.79 Å². The molecule has 1 amide bonds. The van der Waals surface area contributed by atoms with Gasteiger partial charge in [-0.2, -0.15) is 0 Å². The molecule has 0 spiro atoms. The molecular weight excluding hydrogens is 384 g/mol. The molecule has 23 heavy (non-hydrogen) atoms. The second kappa shape index (κ2) is 9.35. The Hall–Kier alpha value is -0.980. The molecule has 7 heteroatoms. The molecule has 0 aliphatic carbocycles. The van der Waals surface area contributed by atoms with Crippen LogP contribution in [-0.2, 0) is 11.2 Å². The van der Waals surface area contributed by atoms with Crippen LogP contribution in [0.25, 0.3) is 0 Å². The van der Waals surface area contributed by atoms with Gasteiger partial charge in [0, 0.05) is 23.6 Å². The number of likely N-dealkylation sites (tertiary alicyclic amines) is 1. The predicted molar refractivity (Wildman–Crippen MR) is 96.6 cm³/mol. The van der Waals surface area contributed by atoms with E-state index in [1.54, 1.807) is 0 Å². The van der Waals surface area contributed by atoms with Crippen LogP contribution in [0.5, 0.6) is 11.5 Å². The van der Waals surface area contributed by atoms with Gasteiger partial charge in [-0.3, -0.25) is 4.79 Å². The number of amides is 1. The van der Waals surface area contributed by atoms with Crippen LogP contribution in [0.3, 0.4) is 0 Å². The lowest BCUT2D eigenvalue weighted by molar-refractivity contribution is -0.129. The van der Waals surface area contributed by atoms with E-state index in [-0.39, 0.29) is 24.4 Å². The summed E-state index contributed by atoms with van der Waals surface area (Å²) < 4.78 is 12.1. The van der Waals surface area contributed by atoms with Crippen LogP contribution in [-0.4, -0.2) is 43.2 Å². The van der Waals surface area contributed by atoms with E-state index in [1.807, 2.05) is 30.9 Å². The maximum Gasteiger partial charge on any atom is 0.227 e. The maximum absolute atomic E-state index is 12.4. The number of halogens is 2. The van der Waals surface area contributed by atoms with E-state index < -0.39 is 0 Å². The second-order valence-electron chi connectivity index (χ2n) is 5.32. The lowest BCUT2D eigenvalue weighted by Crippen LogP contribution is -2.33. The van der Waals surface area contributed by atoms with E-state index in [2.05, 4.69) is 15.9 Å². The van der Waals surface area contributed by atoms with Crippen LogP contribution in [0.1, 0.15) is 25.8 Å². The molecule has 5 nitrogen and oxygen atoms in total. The summed E-state index contributed by atoms with van der Waals surface area (Å²) in [6.07, 6.45) is 1.21. The van der Waals surface area contributed by atoms with Crippen LogP contribution in [0, 0.1) is 0 Å². The van der Waals surface area contributed by atoms with Crippen LogP contribution in [0.15, 0.2) is 16.6 Å². The fourth-order valence-corrected chi connectivity index (χ4v) is 3.00. The first-order valence-corrected chi connectivity index (χ1v) is 8.45. The van der Waals surface area contributed by atoms with Crippen molar-refractivity contribution in [3.8, 4) is 11.5 Å². The molecule has 130 valence electrons. The Labute approximate surface area is 152 Å². The summed E-state index contributed by atoms with van der Waals surface area (Å²) >= 11 is 3.52. The van der Waals surface area contributed by atoms with Gasteiger partial charge in [0.2, 0.25) is 5.91 Å². The van der Waals surface area contributed by atoms with E-state index in [0.29, 0.717) is 37.7 Å². The minimum Gasteiger partial charge on any atom is -0.490 e. The van der Waals surface area contributed by atoms with Crippen LogP contribution < -0.4 is 15.2 Å². The van der Waals surface area contributed by atoms with E-state index in [1.165, 1.54) is 0 Å². The third-order valence-electron chi connectivity index (χ3n) is 3.63. The summed E-state index contributed by atoms with van der Waals surface area (Å²) in [5.74, 6) is 1.46. The number of nitrogens with zero attached hydrogens (tertiary/aromatic N) is 1. The Morgan fingerprint density at radius 2 is 1.91 bits per heavy atom. The van der Waals surface area contributed by atoms with Crippen molar-refractivity contribution in [2.24, 2.45) is 5.73 Å².